The van der Waals surface area contributed by atoms with Crippen LogP contribution in [0.4, 0.5) is 0 Å². The van der Waals surface area contributed by atoms with Crippen molar-refractivity contribution in [1.29, 1.82) is 0 Å². The number of hydrogen-bond donors (Lipinski definition) is 3. The highest BCUT2D eigenvalue weighted by Crippen LogP contribution is 2.29. The summed E-state index contributed by atoms with van der Waals surface area (Å²) in [4.78, 5) is 11.2. The van der Waals surface area contributed by atoms with Crippen molar-refractivity contribution in [2.24, 2.45) is 111 Å². The smallest absolute Gasteiger partial charge is 0.0170 e. The lowest BCUT2D eigenvalue weighted by Gasteiger charge is -2.36. The van der Waals surface area contributed by atoms with E-state index in [1.54, 1.807) is 0 Å². The van der Waals surface area contributed by atoms with Crippen LogP contribution in [0.2, 0.25) is 0 Å². The van der Waals surface area contributed by atoms with Gasteiger partial charge in [0.1, 0.15) is 0 Å². The van der Waals surface area contributed by atoms with Crippen molar-refractivity contribution in [3.8, 4) is 0 Å². The lowest BCUT2D eigenvalue weighted by atomic mass is 9.79. The minimum absolute atomic E-state index is 0.292. The zero-order valence-corrected chi connectivity index (χ0v) is 82.7. The summed E-state index contributed by atoms with van der Waals surface area (Å²) < 4.78 is 0. The third kappa shape index (κ3) is 111. The third-order valence-electron chi connectivity index (χ3n) is 22.3. The molecule has 626 valence electrons. The maximum absolute atomic E-state index is 3.24. The largest absolute Gasteiger partial charge is 0.320 e. The van der Waals surface area contributed by atoms with Gasteiger partial charge in [-0.1, -0.05) is 303 Å². The molecule has 4 unspecified atom stereocenters. The predicted molar refractivity (Wildman–Crippen MR) is 480 cm³/mol. The molecule has 0 fully saturated rings. The van der Waals surface area contributed by atoms with E-state index in [-0.39, 0.29) is 0 Å². The first-order valence-corrected chi connectivity index (χ1v) is 41.7. The summed E-state index contributed by atoms with van der Waals surface area (Å²) in [7, 11) is 27.2. The van der Waals surface area contributed by atoms with E-state index in [4.69, 9.17) is 0 Å². The Morgan fingerprint density at radius 1 is 0.350 bits per heavy atom. The average molecular weight is 1440 g/mol. The molecule has 4 atom stereocenters. The van der Waals surface area contributed by atoms with Crippen LogP contribution in [0, 0.1) is 111 Å². The molecule has 0 aliphatic heterocycles. The van der Waals surface area contributed by atoms with Crippen LogP contribution in [0.5, 0.6) is 0 Å². The molecule has 0 saturated heterocycles. The second kappa shape index (κ2) is 75.5. The third-order valence-corrected chi connectivity index (χ3v) is 22.3. The molecule has 100 heavy (non-hydrogen) atoms. The summed E-state index contributed by atoms with van der Waals surface area (Å²) in [5, 5.41) is 9.50. The number of hydrogen-bond acceptors (Lipinski definition) is 8. The van der Waals surface area contributed by atoms with Gasteiger partial charge in [0.2, 0.25) is 0 Å². The van der Waals surface area contributed by atoms with Crippen LogP contribution in [0.25, 0.3) is 0 Å². The van der Waals surface area contributed by atoms with Crippen molar-refractivity contribution in [2.75, 3.05) is 118 Å². The van der Waals surface area contributed by atoms with Crippen LogP contribution in [-0.4, -0.2) is 165 Å². The highest BCUT2D eigenvalue weighted by atomic mass is 15.1. The SMILES string of the molecule is CC(C)C(C)(C)C.CC(C)C(C)(C)CN(C)C.CC(C)C(C)(C)N(C)C.CC(C)C(C)C.CC(C)C(C)CN(C)C.CC(C)C(C)N(C)C.CC(C)CCN(C)C.CCC(C)(C)C(C)C.CCC(C)C(C)C.CCCC(C)C.CNC(C)(C)C(C)C.CNC(C)C(C)C.CNCCC(C)C. The first kappa shape index (κ1) is 129. The van der Waals surface area contributed by atoms with E-state index in [0.717, 1.165) is 89.4 Å². The van der Waals surface area contributed by atoms with E-state index in [9.17, 15) is 0 Å². The van der Waals surface area contributed by atoms with Gasteiger partial charge in [-0.25, -0.2) is 0 Å². The summed E-state index contributed by atoms with van der Waals surface area (Å²) in [5.41, 5.74) is 2.11. The van der Waals surface area contributed by atoms with Crippen LogP contribution in [0.15, 0.2) is 0 Å². The summed E-state index contributed by atoms with van der Waals surface area (Å²) in [5.74, 6) is 13.0. The second-order valence-corrected chi connectivity index (χ2v) is 39.6. The maximum atomic E-state index is 3.24. The van der Waals surface area contributed by atoms with E-state index < -0.39 is 0 Å². The zero-order chi connectivity index (χ0) is 84.0. The van der Waals surface area contributed by atoms with Crippen molar-refractivity contribution >= 4 is 0 Å². The average Bonchev–Trinajstić information content (AvgIpc) is 0.898. The van der Waals surface area contributed by atoms with E-state index in [1.807, 2.05) is 21.1 Å². The molecule has 0 bridgehead atoms. The Balaban J connectivity index is -0.0000000747. The molecule has 0 heterocycles. The van der Waals surface area contributed by atoms with Gasteiger partial charge >= 0.3 is 0 Å². The van der Waals surface area contributed by atoms with Gasteiger partial charge < -0.3 is 40.4 Å². The van der Waals surface area contributed by atoms with Gasteiger partial charge in [-0.05, 0) is 270 Å². The maximum Gasteiger partial charge on any atom is 0.0170 e. The van der Waals surface area contributed by atoms with Crippen molar-refractivity contribution < 1.29 is 0 Å². The minimum Gasteiger partial charge on any atom is -0.320 e. The van der Waals surface area contributed by atoms with Crippen molar-refractivity contribution in [1.82, 2.24) is 40.4 Å². The van der Waals surface area contributed by atoms with Crippen LogP contribution in [0.3, 0.4) is 0 Å². The Morgan fingerprint density at radius 2 is 0.700 bits per heavy atom. The van der Waals surface area contributed by atoms with E-state index in [2.05, 4.69) is 429 Å². The predicted octanol–water partition coefficient (Wildman–Crippen LogP) is 26.6. The Kier molecular flexibility index (Phi) is 97.5. The lowest BCUT2D eigenvalue weighted by Crippen LogP contribution is -2.42. The summed E-state index contributed by atoms with van der Waals surface area (Å²) in [6.45, 7) is 108. The van der Waals surface area contributed by atoms with Gasteiger partial charge in [0, 0.05) is 36.3 Å². The topological polar surface area (TPSA) is 52.3 Å². The molecular weight excluding hydrogens is 1220 g/mol. The fourth-order valence-electron chi connectivity index (χ4n) is 5.93. The van der Waals surface area contributed by atoms with Crippen molar-refractivity contribution in [2.45, 2.75) is 380 Å². The molecule has 0 aliphatic carbocycles. The molecule has 8 nitrogen and oxygen atoms in total. The molecule has 0 rings (SSSR count). The normalized spacial score (nSPS) is 13.0. The lowest BCUT2D eigenvalue weighted by molar-refractivity contribution is 0.136. The van der Waals surface area contributed by atoms with Crippen molar-refractivity contribution in [3.05, 3.63) is 0 Å². The van der Waals surface area contributed by atoms with Gasteiger partial charge in [0.05, 0.1) is 0 Å². The Bertz CT molecular complexity index is 1440. The molecule has 0 spiro atoms. The van der Waals surface area contributed by atoms with E-state index >= 15 is 0 Å². The molecular formula is C92H218N8. The Labute approximate surface area is 645 Å². The molecule has 0 aromatic carbocycles. The molecule has 0 saturated carbocycles. The summed E-state index contributed by atoms with van der Waals surface area (Å²) >= 11 is 0. The van der Waals surface area contributed by atoms with E-state index in [0.29, 0.717) is 51.2 Å². The van der Waals surface area contributed by atoms with Crippen molar-refractivity contribution in [3.63, 3.8) is 0 Å². The Hall–Kier alpha value is -0.320. The first-order chi connectivity index (χ1) is 44.5. The van der Waals surface area contributed by atoms with Gasteiger partial charge in [-0.15, -0.1) is 0 Å². The highest BCUT2D eigenvalue weighted by Gasteiger charge is 2.25. The number of nitrogens with one attached hydrogen (secondary N) is 3. The zero-order valence-electron chi connectivity index (χ0n) is 82.7. The fourth-order valence-corrected chi connectivity index (χ4v) is 5.93. The first-order valence-electron chi connectivity index (χ1n) is 41.7. The quantitative estimate of drug-likeness (QED) is 0.0752. The number of nitrogens with zero attached hydrogens (tertiary/aromatic N) is 5. The number of rotatable bonds is 27. The van der Waals surface area contributed by atoms with Crippen LogP contribution in [-0.2, 0) is 0 Å². The molecule has 8 heteroatoms. The molecule has 0 amide bonds. The van der Waals surface area contributed by atoms with Gasteiger partial charge in [-0.2, -0.15) is 0 Å². The van der Waals surface area contributed by atoms with Gasteiger partial charge in [0.15, 0.2) is 0 Å². The second-order valence-electron chi connectivity index (χ2n) is 39.6. The fraction of sp³-hybridized carbons (Fsp3) is 1.00. The van der Waals surface area contributed by atoms with Crippen LogP contribution in [0.1, 0.15) is 357 Å². The van der Waals surface area contributed by atoms with Crippen LogP contribution >= 0.6 is 0 Å². The van der Waals surface area contributed by atoms with E-state index in [1.165, 1.54) is 58.2 Å². The molecule has 0 radical (unpaired) electrons. The minimum atomic E-state index is 0.292. The Morgan fingerprint density at radius 3 is 0.740 bits per heavy atom. The molecule has 0 aliphatic rings. The standard InChI is InChI=1S/C9H21N.2C8H19N.C8H18.3C7H17N.2C7H16.2C6H15N.2C6H14/c1-8(2)9(3,4)7-10(5)6;1-7(2)8(3)6-9(4)5;1-7(2)8(3,4)9(5)6;1-6-8(4,5)7(2)3;1-7(2)5-6-8(3)4;1-6(2)7(3)8(4)5;1-6(2)7(3,4)8-5;1-6(2)7(3,4)5;1-5-7(4)6(2)3;1-6(2)4-5-7-3;1-5(2)6(3)7-4;1-5(2)6(3)4;1-4-5-6(2)3/h8H,7H2,1-6H3;7-8H,6H2,1-5H3;7H,1-6H3;7H,6H2,1-5H3;7H,5-6H2,1-4H3;6-7H,1-5H3;6,8H,1-5H3;6H,1-5H3;6-7H,5H2,1-4H3;6-7H,4-5H2,1-3H3;5-7H,1-4H3;5-6H,1-4H3;6H,4-5H2,1-3H3. The monoisotopic (exact) mass is 1440 g/mol. The van der Waals surface area contributed by atoms with Gasteiger partial charge in [-0.3, -0.25) is 0 Å². The molecule has 3 N–H and O–H groups in total. The summed E-state index contributed by atoms with van der Waals surface area (Å²) in [6, 6.07) is 1.36. The van der Waals surface area contributed by atoms with Crippen LogP contribution < -0.4 is 16.0 Å². The van der Waals surface area contributed by atoms with Gasteiger partial charge in [0.25, 0.3) is 0 Å². The molecule has 0 aromatic rings. The molecule has 0 aromatic heterocycles. The summed E-state index contributed by atoms with van der Waals surface area (Å²) in [6.07, 6.45) is 7.91. The highest BCUT2D eigenvalue weighted by molar-refractivity contribution is 4.80.